The van der Waals surface area contributed by atoms with Crippen molar-refractivity contribution in [2.45, 2.75) is 13.5 Å². The van der Waals surface area contributed by atoms with Crippen LogP contribution in [0.15, 0.2) is 29.6 Å². The fourth-order valence-electron chi connectivity index (χ4n) is 2.72. The number of rotatable bonds is 7. The summed E-state index contributed by atoms with van der Waals surface area (Å²) in [5, 5.41) is 9.32. The van der Waals surface area contributed by atoms with E-state index in [1.165, 1.54) is 0 Å². The van der Waals surface area contributed by atoms with Crippen LogP contribution in [0.4, 0.5) is 0 Å². The molecule has 1 aliphatic rings. The molecular weight excluding hydrogens is 336 g/mol. The Morgan fingerprint density at radius 2 is 2.24 bits per heavy atom. The minimum absolute atomic E-state index is 0.0647. The minimum atomic E-state index is -0.0647. The van der Waals surface area contributed by atoms with Crippen molar-refractivity contribution in [2.75, 3.05) is 39.3 Å². The van der Waals surface area contributed by atoms with Gasteiger partial charge in [-0.05, 0) is 25.1 Å². The molecule has 7 heteroatoms. The lowest BCUT2D eigenvalue weighted by molar-refractivity contribution is 0.0947. The quantitative estimate of drug-likeness (QED) is 0.786. The predicted molar refractivity (Wildman–Crippen MR) is 99.3 cm³/mol. The highest BCUT2D eigenvalue weighted by Gasteiger charge is 2.11. The third kappa shape index (κ3) is 5.52. The van der Waals surface area contributed by atoms with Crippen LogP contribution in [0.3, 0.4) is 0 Å². The van der Waals surface area contributed by atoms with E-state index >= 15 is 0 Å². The van der Waals surface area contributed by atoms with Crippen LogP contribution in [0, 0.1) is 6.92 Å². The summed E-state index contributed by atoms with van der Waals surface area (Å²) in [5.74, 6) is 0.616. The first-order valence-electron chi connectivity index (χ1n) is 8.56. The number of ether oxygens (including phenoxy) is 1. The lowest BCUT2D eigenvalue weighted by atomic mass is 10.2. The second kappa shape index (κ2) is 8.94. The molecule has 2 heterocycles. The van der Waals surface area contributed by atoms with Gasteiger partial charge in [-0.25, -0.2) is 4.98 Å². The van der Waals surface area contributed by atoms with Gasteiger partial charge < -0.3 is 15.4 Å². The van der Waals surface area contributed by atoms with Crippen LogP contribution in [0.1, 0.15) is 21.1 Å². The normalized spacial score (nSPS) is 15.1. The van der Waals surface area contributed by atoms with Crippen molar-refractivity contribution in [3.05, 3.63) is 45.9 Å². The third-order valence-electron chi connectivity index (χ3n) is 4.07. The van der Waals surface area contributed by atoms with Crippen LogP contribution in [-0.4, -0.2) is 55.1 Å². The van der Waals surface area contributed by atoms with E-state index in [2.05, 4.69) is 20.5 Å². The van der Waals surface area contributed by atoms with Crippen LogP contribution in [0.2, 0.25) is 0 Å². The van der Waals surface area contributed by atoms with Crippen molar-refractivity contribution in [3.63, 3.8) is 0 Å². The van der Waals surface area contributed by atoms with Crippen LogP contribution >= 0.6 is 11.3 Å². The van der Waals surface area contributed by atoms with Gasteiger partial charge in [0.2, 0.25) is 0 Å². The topological polar surface area (TPSA) is 66.5 Å². The number of nitrogens with zero attached hydrogens (tertiary/aromatic N) is 2. The zero-order valence-corrected chi connectivity index (χ0v) is 15.3. The smallest absolute Gasteiger partial charge is 0.251 e. The number of hydrogen-bond acceptors (Lipinski definition) is 6. The SMILES string of the molecule is Cc1nc(COc2cccc(C(=O)NCCN3CCNCC3)c2)cs1. The van der Waals surface area contributed by atoms with Gasteiger partial charge in [-0.1, -0.05) is 6.07 Å². The average Bonchev–Trinajstić information content (AvgIpc) is 3.06. The molecule has 6 nitrogen and oxygen atoms in total. The molecule has 0 saturated carbocycles. The van der Waals surface area contributed by atoms with E-state index in [4.69, 9.17) is 4.74 Å². The lowest BCUT2D eigenvalue weighted by Gasteiger charge is -2.27. The van der Waals surface area contributed by atoms with E-state index in [1.54, 1.807) is 23.5 Å². The zero-order valence-electron chi connectivity index (χ0n) is 14.5. The molecule has 0 bridgehead atoms. The Morgan fingerprint density at radius 3 is 3.00 bits per heavy atom. The molecule has 2 N–H and O–H groups in total. The molecule has 0 aliphatic carbocycles. The summed E-state index contributed by atoms with van der Waals surface area (Å²) < 4.78 is 5.74. The van der Waals surface area contributed by atoms with E-state index in [-0.39, 0.29) is 5.91 Å². The number of nitrogens with one attached hydrogen (secondary N) is 2. The molecule has 25 heavy (non-hydrogen) atoms. The maximum Gasteiger partial charge on any atom is 0.251 e. The van der Waals surface area contributed by atoms with Gasteiger partial charge in [0.25, 0.3) is 5.91 Å². The van der Waals surface area contributed by atoms with E-state index < -0.39 is 0 Å². The molecule has 134 valence electrons. The molecule has 1 aromatic carbocycles. The number of carbonyl (C=O) groups excluding carboxylic acids is 1. The van der Waals surface area contributed by atoms with Gasteiger partial charge in [-0.15, -0.1) is 11.3 Å². The fourth-order valence-corrected chi connectivity index (χ4v) is 3.32. The molecule has 1 saturated heterocycles. The molecule has 0 atom stereocenters. The van der Waals surface area contributed by atoms with Crippen molar-refractivity contribution in [1.82, 2.24) is 20.5 Å². The summed E-state index contributed by atoms with van der Waals surface area (Å²) in [6, 6.07) is 7.28. The van der Waals surface area contributed by atoms with Crippen molar-refractivity contribution < 1.29 is 9.53 Å². The Bertz CT molecular complexity index is 698. The number of hydrogen-bond donors (Lipinski definition) is 2. The summed E-state index contributed by atoms with van der Waals surface area (Å²) in [5.41, 5.74) is 1.53. The average molecular weight is 360 g/mol. The Morgan fingerprint density at radius 1 is 1.40 bits per heavy atom. The van der Waals surface area contributed by atoms with Crippen molar-refractivity contribution in [3.8, 4) is 5.75 Å². The minimum Gasteiger partial charge on any atom is -0.487 e. The Labute approximate surface area is 152 Å². The molecule has 2 aromatic rings. The number of benzene rings is 1. The molecule has 1 aromatic heterocycles. The summed E-state index contributed by atoms with van der Waals surface area (Å²) >= 11 is 1.61. The Kier molecular flexibility index (Phi) is 6.38. The second-order valence-corrected chi connectivity index (χ2v) is 7.08. The van der Waals surface area contributed by atoms with Crippen molar-refractivity contribution in [1.29, 1.82) is 0 Å². The number of thiazole rings is 1. The molecule has 3 rings (SSSR count). The number of piperazine rings is 1. The molecule has 1 aliphatic heterocycles. The van der Waals surface area contributed by atoms with Crippen LogP contribution in [-0.2, 0) is 6.61 Å². The fraction of sp³-hybridized carbons (Fsp3) is 0.444. The van der Waals surface area contributed by atoms with Crippen molar-refractivity contribution >= 4 is 17.2 Å². The highest BCUT2D eigenvalue weighted by molar-refractivity contribution is 7.09. The lowest BCUT2D eigenvalue weighted by Crippen LogP contribution is -2.46. The zero-order chi connectivity index (χ0) is 17.5. The summed E-state index contributed by atoms with van der Waals surface area (Å²) in [4.78, 5) is 19.0. The van der Waals surface area contributed by atoms with E-state index in [9.17, 15) is 4.79 Å². The van der Waals surface area contributed by atoms with Crippen LogP contribution in [0.5, 0.6) is 5.75 Å². The third-order valence-corrected chi connectivity index (χ3v) is 4.90. The first-order chi connectivity index (χ1) is 12.2. The summed E-state index contributed by atoms with van der Waals surface area (Å²) in [6.07, 6.45) is 0. The van der Waals surface area contributed by atoms with Gasteiger partial charge >= 0.3 is 0 Å². The molecule has 0 spiro atoms. The van der Waals surface area contributed by atoms with Gasteiger partial charge in [0.05, 0.1) is 10.7 Å². The van der Waals surface area contributed by atoms with Gasteiger partial charge in [0, 0.05) is 50.2 Å². The first-order valence-corrected chi connectivity index (χ1v) is 9.44. The molecule has 1 fully saturated rings. The van der Waals surface area contributed by atoms with Gasteiger partial charge in [0.15, 0.2) is 0 Å². The number of aromatic nitrogens is 1. The highest BCUT2D eigenvalue weighted by atomic mass is 32.1. The Balaban J connectivity index is 1.47. The standard InChI is InChI=1S/C18H24N4O2S/c1-14-21-16(13-25-14)12-24-17-4-2-3-15(11-17)18(23)20-7-10-22-8-5-19-6-9-22/h2-4,11,13,19H,5-10,12H2,1H3,(H,20,23). The maximum absolute atomic E-state index is 12.3. The monoisotopic (exact) mass is 360 g/mol. The number of amides is 1. The van der Waals surface area contributed by atoms with Gasteiger partial charge in [-0.2, -0.15) is 0 Å². The van der Waals surface area contributed by atoms with Crippen LogP contribution in [0.25, 0.3) is 0 Å². The van der Waals surface area contributed by atoms with Crippen molar-refractivity contribution in [2.24, 2.45) is 0 Å². The van der Waals surface area contributed by atoms with Crippen LogP contribution < -0.4 is 15.4 Å². The highest BCUT2D eigenvalue weighted by Crippen LogP contribution is 2.16. The van der Waals surface area contributed by atoms with E-state index in [0.29, 0.717) is 24.5 Å². The first kappa shape index (κ1) is 17.8. The Hall–Kier alpha value is -1.96. The van der Waals surface area contributed by atoms with Gasteiger partial charge in [-0.3, -0.25) is 9.69 Å². The molecule has 1 amide bonds. The van der Waals surface area contributed by atoms with E-state index in [1.807, 2.05) is 24.4 Å². The maximum atomic E-state index is 12.3. The summed E-state index contributed by atoms with van der Waals surface area (Å²) in [7, 11) is 0. The second-order valence-electron chi connectivity index (χ2n) is 6.02. The van der Waals surface area contributed by atoms with Gasteiger partial charge in [0.1, 0.15) is 12.4 Å². The summed E-state index contributed by atoms with van der Waals surface area (Å²) in [6.45, 7) is 8.04. The molecule has 0 radical (unpaired) electrons. The molecule has 0 unspecified atom stereocenters. The largest absolute Gasteiger partial charge is 0.487 e. The molecular formula is C18H24N4O2S. The number of aryl methyl sites for hydroxylation is 1. The predicted octanol–water partition coefficient (Wildman–Crippen LogP) is 1.67. The number of carbonyl (C=O) groups is 1. The van der Waals surface area contributed by atoms with E-state index in [0.717, 1.165) is 43.4 Å².